The smallest absolute Gasteiger partial charge is 0.222 e. The highest BCUT2D eigenvalue weighted by molar-refractivity contribution is 5.79. The summed E-state index contributed by atoms with van der Waals surface area (Å²) < 4.78 is 25.9. The quantitative estimate of drug-likeness (QED) is 0.917. The van der Waals surface area contributed by atoms with Gasteiger partial charge in [-0.15, -0.1) is 0 Å². The minimum atomic E-state index is -0.901. The molecule has 1 heterocycles. The van der Waals surface area contributed by atoms with E-state index >= 15 is 0 Å². The lowest BCUT2D eigenvalue weighted by Gasteiger charge is -2.30. The van der Waals surface area contributed by atoms with E-state index in [-0.39, 0.29) is 24.2 Å². The number of carbonyl (C=O) groups excluding carboxylic acids is 2. The summed E-state index contributed by atoms with van der Waals surface area (Å²) in [4.78, 5) is 24.8. The van der Waals surface area contributed by atoms with E-state index in [1.807, 2.05) is 0 Å². The molecule has 1 aliphatic heterocycles. The molecule has 1 saturated heterocycles. The number of primary amides is 1. The van der Waals surface area contributed by atoms with E-state index < -0.39 is 11.6 Å². The zero-order valence-corrected chi connectivity index (χ0v) is 11.6. The predicted octanol–water partition coefficient (Wildman–Crippen LogP) is 1.62. The minimum absolute atomic E-state index is 0.0392. The van der Waals surface area contributed by atoms with Gasteiger partial charge in [-0.05, 0) is 37.0 Å². The Bertz CT molecular complexity index is 540. The molecule has 1 aromatic carbocycles. The molecule has 2 amide bonds. The highest BCUT2D eigenvalue weighted by Gasteiger charge is 2.25. The van der Waals surface area contributed by atoms with Gasteiger partial charge in [0.15, 0.2) is 11.6 Å². The van der Waals surface area contributed by atoms with Crippen LogP contribution in [0.4, 0.5) is 8.78 Å². The van der Waals surface area contributed by atoms with E-state index in [1.54, 1.807) is 4.90 Å². The fraction of sp³-hybridized carbons (Fsp3) is 0.467. The van der Waals surface area contributed by atoms with Gasteiger partial charge in [0.2, 0.25) is 11.8 Å². The molecule has 21 heavy (non-hydrogen) atoms. The molecule has 0 radical (unpaired) electrons. The Morgan fingerprint density at radius 3 is 2.43 bits per heavy atom. The Kier molecular flexibility index (Phi) is 4.88. The summed E-state index contributed by atoms with van der Waals surface area (Å²) in [5, 5.41) is 0. The Labute approximate surface area is 121 Å². The normalized spacial score (nSPS) is 16.0. The maximum Gasteiger partial charge on any atom is 0.222 e. The molecule has 4 nitrogen and oxygen atoms in total. The van der Waals surface area contributed by atoms with Crippen molar-refractivity contribution in [2.75, 3.05) is 13.1 Å². The number of nitrogens with zero attached hydrogens (tertiary/aromatic N) is 1. The molecule has 0 bridgehead atoms. The SMILES string of the molecule is NC(=O)C1CCN(C(=O)CCc2ccc(F)c(F)c2)CC1. The number of aryl methyl sites for hydroxylation is 1. The summed E-state index contributed by atoms with van der Waals surface area (Å²) in [6.45, 7) is 1.04. The third-order valence-corrected chi connectivity index (χ3v) is 3.86. The highest BCUT2D eigenvalue weighted by atomic mass is 19.2. The lowest BCUT2D eigenvalue weighted by atomic mass is 9.96. The number of piperidine rings is 1. The lowest BCUT2D eigenvalue weighted by Crippen LogP contribution is -2.41. The van der Waals surface area contributed by atoms with Gasteiger partial charge < -0.3 is 10.6 Å². The van der Waals surface area contributed by atoms with Gasteiger partial charge >= 0.3 is 0 Å². The average molecular weight is 296 g/mol. The summed E-state index contributed by atoms with van der Waals surface area (Å²) in [5.74, 6) is -2.30. The van der Waals surface area contributed by atoms with Gasteiger partial charge in [0.05, 0.1) is 0 Å². The largest absolute Gasteiger partial charge is 0.369 e. The fourth-order valence-corrected chi connectivity index (χ4v) is 2.52. The summed E-state index contributed by atoms with van der Waals surface area (Å²) in [5.41, 5.74) is 5.83. The Morgan fingerprint density at radius 1 is 1.19 bits per heavy atom. The number of carbonyl (C=O) groups is 2. The number of likely N-dealkylation sites (tertiary alicyclic amines) is 1. The molecule has 2 rings (SSSR count). The number of nitrogens with two attached hydrogens (primary N) is 1. The van der Waals surface area contributed by atoms with Crippen LogP contribution >= 0.6 is 0 Å². The molecule has 1 fully saturated rings. The van der Waals surface area contributed by atoms with E-state index in [0.717, 1.165) is 12.1 Å². The second kappa shape index (κ2) is 6.65. The molecule has 0 atom stereocenters. The monoisotopic (exact) mass is 296 g/mol. The zero-order valence-electron chi connectivity index (χ0n) is 11.6. The van der Waals surface area contributed by atoms with Crippen LogP contribution in [0.1, 0.15) is 24.8 Å². The van der Waals surface area contributed by atoms with Crippen molar-refractivity contribution in [1.82, 2.24) is 4.90 Å². The molecule has 1 aliphatic rings. The van der Waals surface area contributed by atoms with E-state index in [2.05, 4.69) is 0 Å². The Morgan fingerprint density at radius 2 is 1.86 bits per heavy atom. The number of amides is 2. The molecular weight excluding hydrogens is 278 g/mol. The summed E-state index contributed by atoms with van der Waals surface area (Å²) in [6, 6.07) is 3.65. The van der Waals surface area contributed by atoms with Crippen molar-refractivity contribution in [3.8, 4) is 0 Å². The van der Waals surface area contributed by atoms with Gasteiger partial charge in [-0.3, -0.25) is 9.59 Å². The molecule has 0 unspecified atom stereocenters. The van der Waals surface area contributed by atoms with E-state index in [0.29, 0.717) is 37.9 Å². The maximum absolute atomic E-state index is 13.1. The van der Waals surface area contributed by atoms with Crippen LogP contribution in [-0.2, 0) is 16.0 Å². The number of rotatable bonds is 4. The van der Waals surface area contributed by atoms with Gasteiger partial charge in [-0.2, -0.15) is 0 Å². The van der Waals surface area contributed by atoms with Crippen LogP contribution in [0, 0.1) is 17.6 Å². The van der Waals surface area contributed by atoms with Crippen LogP contribution in [-0.4, -0.2) is 29.8 Å². The van der Waals surface area contributed by atoms with Crippen LogP contribution < -0.4 is 5.73 Å². The second-order valence-corrected chi connectivity index (χ2v) is 5.31. The van der Waals surface area contributed by atoms with E-state index in [4.69, 9.17) is 5.73 Å². The number of hydrogen-bond acceptors (Lipinski definition) is 2. The first-order valence-electron chi connectivity index (χ1n) is 6.98. The van der Waals surface area contributed by atoms with Gasteiger partial charge in [0, 0.05) is 25.4 Å². The third-order valence-electron chi connectivity index (χ3n) is 3.86. The summed E-state index contributed by atoms with van der Waals surface area (Å²) in [7, 11) is 0. The summed E-state index contributed by atoms with van der Waals surface area (Å²) >= 11 is 0. The first-order chi connectivity index (χ1) is 9.97. The minimum Gasteiger partial charge on any atom is -0.369 e. The number of benzene rings is 1. The lowest BCUT2D eigenvalue weighted by molar-refractivity contribution is -0.134. The van der Waals surface area contributed by atoms with Crippen LogP contribution in [0.2, 0.25) is 0 Å². The van der Waals surface area contributed by atoms with Crippen LogP contribution in [0.5, 0.6) is 0 Å². The first-order valence-corrected chi connectivity index (χ1v) is 6.98. The zero-order chi connectivity index (χ0) is 15.4. The highest BCUT2D eigenvalue weighted by Crippen LogP contribution is 2.18. The first kappa shape index (κ1) is 15.4. The molecule has 6 heteroatoms. The average Bonchev–Trinajstić information content (AvgIpc) is 2.48. The van der Waals surface area contributed by atoms with Crippen molar-refractivity contribution in [2.24, 2.45) is 11.7 Å². The van der Waals surface area contributed by atoms with Crippen molar-refractivity contribution in [3.05, 3.63) is 35.4 Å². The van der Waals surface area contributed by atoms with Crippen molar-refractivity contribution >= 4 is 11.8 Å². The van der Waals surface area contributed by atoms with Crippen LogP contribution in [0.3, 0.4) is 0 Å². The van der Waals surface area contributed by atoms with Crippen molar-refractivity contribution < 1.29 is 18.4 Å². The molecule has 2 N–H and O–H groups in total. The third kappa shape index (κ3) is 4.00. The maximum atomic E-state index is 13.1. The topological polar surface area (TPSA) is 63.4 Å². The molecule has 0 saturated carbocycles. The standard InChI is InChI=1S/C15H18F2N2O2/c16-12-3-1-10(9-13(12)17)2-4-14(20)19-7-5-11(6-8-19)15(18)21/h1,3,9,11H,2,4-8H2,(H2,18,21). The van der Waals surface area contributed by atoms with Gasteiger partial charge in [0.1, 0.15) is 0 Å². The molecule has 0 aliphatic carbocycles. The van der Waals surface area contributed by atoms with Gasteiger partial charge in [-0.1, -0.05) is 6.07 Å². The van der Waals surface area contributed by atoms with Gasteiger partial charge in [0.25, 0.3) is 0 Å². The number of hydrogen-bond donors (Lipinski definition) is 1. The van der Waals surface area contributed by atoms with Crippen molar-refractivity contribution in [1.29, 1.82) is 0 Å². The molecule has 0 spiro atoms. The second-order valence-electron chi connectivity index (χ2n) is 5.31. The van der Waals surface area contributed by atoms with Crippen LogP contribution in [0.15, 0.2) is 18.2 Å². The Balaban J connectivity index is 1.82. The van der Waals surface area contributed by atoms with Gasteiger partial charge in [-0.25, -0.2) is 8.78 Å². The summed E-state index contributed by atoms with van der Waals surface area (Å²) in [6.07, 6.45) is 1.79. The predicted molar refractivity (Wildman–Crippen MR) is 73.2 cm³/mol. The molecule has 0 aromatic heterocycles. The van der Waals surface area contributed by atoms with E-state index in [1.165, 1.54) is 6.07 Å². The molecule has 114 valence electrons. The Hall–Kier alpha value is -1.98. The number of halogens is 2. The van der Waals surface area contributed by atoms with E-state index in [9.17, 15) is 18.4 Å². The molecule has 1 aromatic rings. The molecular formula is C15H18F2N2O2. The van der Waals surface area contributed by atoms with Crippen LogP contribution in [0.25, 0.3) is 0 Å². The fourth-order valence-electron chi connectivity index (χ4n) is 2.52. The van der Waals surface area contributed by atoms with Crippen molar-refractivity contribution in [3.63, 3.8) is 0 Å². The van der Waals surface area contributed by atoms with Crippen molar-refractivity contribution in [2.45, 2.75) is 25.7 Å².